The third kappa shape index (κ3) is 48.9. The molecule has 2 N–H and O–H groups in total. The lowest BCUT2D eigenvalue weighted by Gasteiger charge is -2.29. The fourth-order valence-corrected chi connectivity index (χ4v) is 8.99. The van der Waals surface area contributed by atoms with Gasteiger partial charge < -0.3 is 28.8 Å². The highest BCUT2D eigenvalue weighted by Gasteiger charge is 2.23. The van der Waals surface area contributed by atoms with Crippen LogP contribution in [0.5, 0.6) is 0 Å². The van der Waals surface area contributed by atoms with Crippen molar-refractivity contribution in [2.24, 2.45) is 0 Å². The van der Waals surface area contributed by atoms with Crippen molar-refractivity contribution in [3.63, 3.8) is 0 Å². The Balaban J connectivity index is 4.14. The minimum atomic E-state index is -4.59. The summed E-state index contributed by atoms with van der Waals surface area (Å²) in [5, 5.41) is 13.9. The highest BCUT2D eigenvalue weighted by Crippen LogP contribution is 2.38. The van der Waals surface area contributed by atoms with E-state index in [4.69, 9.17) is 9.05 Å². The molecule has 3 unspecified atom stereocenters. The molecule has 0 aromatic rings. The van der Waals surface area contributed by atoms with Gasteiger partial charge in [-0.2, -0.15) is 0 Å². The van der Waals surface area contributed by atoms with E-state index in [0.717, 1.165) is 51.4 Å². The zero-order chi connectivity index (χ0) is 47.1. The van der Waals surface area contributed by atoms with Gasteiger partial charge in [0.2, 0.25) is 5.91 Å². The minimum absolute atomic E-state index is 0.00119. The molecule has 0 heterocycles. The molecular weight excluding hydrogens is 816 g/mol. The molecular formula is C55H109N2O6P. The van der Waals surface area contributed by atoms with Crippen LogP contribution in [0.15, 0.2) is 24.3 Å². The van der Waals surface area contributed by atoms with E-state index in [-0.39, 0.29) is 19.1 Å². The summed E-state index contributed by atoms with van der Waals surface area (Å²) in [7, 11) is 1.26. The monoisotopic (exact) mass is 925 g/mol. The van der Waals surface area contributed by atoms with Crippen molar-refractivity contribution in [2.45, 2.75) is 283 Å². The van der Waals surface area contributed by atoms with E-state index in [1.54, 1.807) is 6.08 Å². The van der Waals surface area contributed by atoms with E-state index in [2.05, 4.69) is 31.3 Å². The standard InChI is InChI=1S/C55H109N2O6P/c1-6-8-10-12-14-16-18-20-22-23-24-25-26-27-28-29-30-31-32-33-34-35-36-38-40-42-44-46-48-54(58)53(52-63-64(60,61)62-51-50-57(3,4)5)56-55(59)49-47-45-43-41-39-37-21-19-17-15-13-11-9-7-2/h19,21,46,48,53-54,58H,6-18,20,22-45,47,49-52H2,1-5H3,(H-,56,59,60,61)/b21-19-,48-46+. The summed E-state index contributed by atoms with van der Waals surface area (Å²) >= 11 is 0. The summed E-state index contributed by atoms with van der Waals surface area (Å²) in [6, 6.07) is -0.889. The number of allylic oxidation sites excluding steroid dienone is 3. The first kappa shape index (κ1) is 63.0. The Labute approximate surface area is 398 Å². The molecule has 0 aromatic heterocycles. The van der Waals surface area contributed by atoms with Crippen molar-refractivity contribution < 1.29 is 32.9 Å². The second kappa shape index (κ2) is 47.1. The Hall–Kier alpha value is -1.02. The summed E-state index contributed by atoms with van der Waals surface area (Å²) in [5.74, 6) is -0.204. The maximum absolute atomic E-state index is 12.9. The molecule has 0 spiro atoms. The zero-order valence-corrected chi connectivity index (χ0v) is 44.1. The van der Waals surface area contributed by atoms with Crippen molar-refractivity contribution in [3.8, 4) is 0 Å². The predicted octanol–water partition coefficient (Wildman–Crippen LogP) is 15.8. The van der Waals surface area contributed by atoms with Gasteiger partial charge in [0.1, 0.15) is 13.2 Å². The van der Waals surface area contributed by atoms with Gasteiger partial charge in [0.25, 0.3) is 7.82 Å². The molecule has 0 bridgehead atoms. The number of likely N-dealkylation sites (N-methyl/N-ethyl adjacent to an activating group) is 1. The first-order valence-electron chi connectivity index (χ1n) is 27.7. The number of phosphoric acid groups is 1. The van der Waals surface area contributed by atoms with Crippen LogP contribution in [0.1, 0.15) is 271 Å². The van der Waals surface area contributed by atoms with Gasteiger partial charge in [-0.25, -0.2) is 0 Å². The van der Waals surface area contributed by atoms with Gasteiger partial charge in [0, 0.05) is 6.42 Å². The van der Waals surface area contributed by atoms with E-state index >= 15 is 0 Å². The maximum Gasteiger partial charge on any atom is 0.268 e. The molecule has 0 rings (SSSR count). The molecule has 1 amide bonds. The largest absolute Gasteiger partial charge is 0.756 e. The molecule has 0 aliphatic heterocycles. The Kier molecular flexibility index (Phi) is 46.3. The summed E-state index contributed by atoms with van der Waals surface area (Å²) in [6.07, 6.45) is 58.3. The van der Waals surface area contributed by atoms with E-state index in [9.17, 15) is 19.4 Å². The van der Waals surface area contributed by atoms with Crippen molar-refractivity contribution in [3.05, 3.63) is 24.3 Å². The predicted molar refractivity (Wildman–Crippen MR) is 275 cm³/mol. The lowest BCUT2D eigenvalue weighted by molar-refractivity contribution is -0.870. The molecule has 3 atom stereocenters. The second-order valence-corrected chi connectivity index (χ2v) is 21.7. The smallest absolute Gasteiger partial charge is 0.268 e. The number of unbranched alkanes of at least 4 members (excludes halogenated alkanes) is 36. The number of rotatable bonds is 51. The third-order valence-corrected chi connectivity index (χ3v) is 13.6. The van der Waals surface area contributed by atoms with Crippen molar-refractivity contribution >= 4 is 13.7 Å². The van der Waals surface area contributed by atoms with Crippen LogP contribution in [0, 0.1) is 0 Å². The van der Waals surface area contributed by atoms with E-state index < -0.39 is 20.0 Å². The van der Waals surface area contributed by atoms with Gasteiger partial charge in [-0.3, -0.25) is 9.36 Å². The molecule has 0 saturated carbocycles. The number of amides is 1. The molecule has 8 nitrogen and oxygen atoms in total. The maximum atomic E-state index is 12.9. The van der Waals surface area contributed by atoms with Crippen LogP contribution < -0.4 is 10.2 Å². The Bertz CT molecular complexity index is 1090. The average molecular weight is 925 g/mol. The third-order valence-electron chi connectivity index (χ3n) is 12.7. The first-order chi connectivity index (χ1) is 31.0. The molecule has 0 fully saturated rings. The highest BCUT2D eigenvalue weighted by molar-refractivity contribution is 7.45. The lowest BCUT2D eigenvalue weighted by atomic mass is 10.0. The fourth-order valence-electron chi connectivity index (χ4n) is 8.27. The number of carbonyl (C=O) groups is 1. The summed E-state index contributed by atoms with van der Waals surface area (Å²) in [5.41, 5.74) is 0. The Morgan fingerprint density at radius 2 is 0.859 bits per heavy atom. The quantitative estimate of drug-likeness (QED) is 0.0272. The van der Waals surface area contributed by atoms with Gasteiger partial charge in [0.15, 0.2) is 0 Å². The summed E-state index contributed by atoms with van der Waals surface area (Å²) in [6.45, 7) is 4.66. The molecule has 380 valence electrons. The minimum Gasteiger partial charge on any atom is -0.756 e. The van der Waals surface area contributed by atoms with Crippen molar-refractivity contribution in [1.82, 2.24) is 5.32 Å². The van der Waals surface area contributed by atoms with Crippen LogP contribution in [0.3, 0.4) is 0 Å². The van der Waals surface area contributed by atoms with Gasteiger partial charge >= 0.3 is 0 Å². The van der Waals surface area contributed by atoms with E-state index in [1.807, 2.05) is 27.2 Å². The molecule has 0 aliphatic rings. The molecule has 0 aromatic carbocycles. The SMILES string of the molecule is CCCCCCC/C=C\CCCCCCCC(=O)NC(COP(=O)([O-])OCC[N+](C)(C)C)C(O)/C=C/CCCCCCCCCCCCCCCCCCCCCCCCCCCC. The number of hydrogen-bond donors (Lipinski definition) is 2. The van der Waals surface area contributed by atoms with Gasteiger partial charge in [-0.1, -0.05) is 244 Å². The molecule has 0 saturated heterocycles. The van der Waals surface area contributed by atoms with Crippen LogP contribution in [0.2, 0.25) is 0 Å². The number of quaternary nitrogens is 1. The normalized spacial score (nSPS) is 14.2. The summed E-state index contributed by atoms with van der Waals surface area (Å²) < 4.78 is 23.3. The molecule has 0 radical (unpaired) electrons. The number of aliphatic hydroxyl groups is 1. The number of nitrogens with zero attached hydrogens (tertiary/aromatic N) is 1. The Morgan fingerprint density at radius 3 is 1.22 bits per heavy atom. The van der Waals surface area contributed by atoms with Crippen LogP contribution in [-0.4, -0.2) is 68.5 Å². The van der Waals surface area contributed by atoms with Gasteiger partial charge in [-0.05, 0) is 44.9 Å². The number of phosphoric ester groups is 1. The van der Waals surface area contributed by atoms with Gasteiger partial charge in [-0.15, -0.1) is 0 Å². The molecule has 64 heavy (non-hydrogen) atoms. The van der Waals surface area contributed by atoms with Crippen LogP contribution >= 0.6 is 7.82 Å². The summed E-state index contributed by atoms with van der Waals surface area (Å²) in [4.78, 5) is 25.4. The second-order valence-electron chi connectivity index (χ2n) is 20.3. The van der Waals surface area contributed by atoms with Gasteiger partial charge in [0.05, 0.1) is 39.9 Å². The van der Waals surface area contributed by atoms with Crippen molar-refractivity contribution in [2.75, 3.05) is 40.9 Å². The Morgan fingerprint density at radius 1 is 0.531 bits per heavy atom. The van der Waals surface area contributed by atoms with E-state index in [0.29, 0.717) is 17.4 Å². The fraction of sp³-hybridized carbons (Fsp3) is 0.909. The van der Waals surface area contributed by atoms with Crippen LogP contribution in [0.25, 0.3) is 0 Å². The first-order valence-corrected chi connectivity index (χ1v) is 29.2. The number of nitrogens with one attached hydrogen (secondary N) is 1. The lowest BCUT2D eigenvalue weighted by Crippen LogP contribution is -2.45. The van der Waals surface area contributed by atoms with Crippen LogP contribution in [-0.2, 0) is 18.4 Å². The number of aliphatic hydroxyl groups excluding tert-OH is 1. The van der Waals surface area contributed by atoms with E-state index in [1.165, 1.54) is 199 Å². The molecule has 9 heteroatoms. The zero-order valence-electron chi connectivity index (χ0n) is 43.3. The topological polar surface area (TPSA) is 108 Å². The number of carbonyl (C=O) groups excluding carboxylic acids is 1. The van der Waals surface area contributed by atoms with Crippen molar-refractivity contribution in [1.29, 1.82) is 0 Å². The van der Waals surface area contributed by atoms with Crippen LogP contribution in [0.4, 0.5) is 0 Å². The highest BCUT2D eigenvalue weighted by atomic mass is 31.2. The molecule has 0 aliphatic carbocycles. The number of hydrogen-bond acceptors (Lipinski definition) is 6. The average Bonchev–Trinajstić information content (AvgIpc) is 3.25.